The molecule has 1 aromatic carbocycles. The Morgan fingerprint density at radius 3 is 2.79 bits per heavy atom. The first-order valence-corrected chi connectivity index (χ1v) is 12.4. The highest BCUT2D eigenvalue weighted by Crippen LogP contribution is 2.52. The molecule has 4 aliphatic rings. The first-order chi connectivity index (χ1) is 15.9. The van der Waals surface area contributed by atoms with Crippen LogP contribution in [0.4, 0.5) is 10.5 Å². The number of benzene rings is 1. The van der Waals surface area contributed by atoms with E-state index in [0.29, 0.717) is 19.4 Å². The standard InChI is InChI=1S/C25H31BrN4O3/c1-29-13-16-3-6-19(11-21(16)25(15-29)9-10-25)27-23(31)22-12-20(33-2)14-30(22)24(32)28-18-7-4-17(26)5-8-18/h3-7,11,18,20,22H,8-10,12-15H2,1-2H3,(H,27,31)(H,28,32). The van der Waals surface area contributed by atoms with Gasteiger partial charge in [-0.15, -0.1) is 0 Å². The van der Waals surface area contributed by atoms with Crippen molar-refractivity contribution in [2.75, 3.05) is 32.6 Å². The molecule has 3 atom stereocenters. The molecule has 1 spiro atoms. The highest BCUT2D eigenvalue weighted by Gasteiger charge is 2.48. The normalized spacial score (nSPS) is 27.8. The number of likely N-dealkylation sites (N-methyl/N-ethyl adjacent to an activating group) is 1. The van der Waals surface area contributed by atoms with Crippen LogP contribution in [0.5, 0.6) is 0 Å². The van der Waals surface area contributed by atoms with Crippen LogP contribution in [0.25, 0.3) is 0 Å². The Bertz CT molecular complexity index is 1020. The van der Waals surface area contributed by atoms with Gasteiger partial charge in [-0.1, -0.05) is 40.2 Å². The van der Waals surface area contributed by atoms with Crippen molar-refractivity contribution in [1.82, 2.24) is 15.1 Å². The van der Waals surface area contributed by atoms with Crippen LogP contribution >= 0.6 is 15.9 Å². The minimum Gasteiger partial charge on any atom is -0.380 e. The van der Waals surface area contributed by atoms with E-state index >= 15 is 0 Å². The number of nitrogens with zero attached hydrogens (tertiary/aromatic N) is 2. The number of urea groups is 1. The Morgan fingerprint density at radius 2 is 2.09 bits per heavy atom. The number of fused-ring (bicyclic) bond motifs is 2. The molecular weight excluding hydrogens is 484 g/mol. The number of anilines is 1. The fourth-order valence-electron chi connectivity index (χ4n) is 5.42. The summed E-state index contributed by atoms with van der Waals surface area (Å²) < 4.78 is 6.52. The lowest BCUT2D eigenvalue weighted by molar-refractivity contribution is -0.119. The molecule has 2 N–H and O–H groups in total. The maximum Gasteiger partial charge on any atom is 0.318 e. The van der Waals surface area contributed by atoms with E-state index in [-0.39, 0.29) is 29.5 Å². The van der Waals surface area contributed by atoms with E-state index < -0.39 is 6.04 Å². The van der Waals surface area contributed by atoms with Crippen LogP contribution in [-0.2, 0) is 21.5 Å². The van der Waals surface area contributed by atoms with E-state index in [9.17, 15) is 9.59 Å². The molecule has 7 nitrogen and oxygen atoms in total. The van der Waals surface area contributed by atoms with Crippen molar-refractivity contribution in [3.63, 3.8) is 0 Å². The Morgan fingerprint density at radius 1 is 1.27 bits per heavy atom. The lowest BCUT2D eigenvalue weighted by atomic mass is 9.87. The van der Waals surface area contributed by atoms with Gasteiger partial charge in [-0.2, -0.15) is 0 Å². The third-order valence-corrected chi connectivity index (χ3v) is 7.93. The highest BCUT2D eigenvalue weighted by molar-refractivity contribution is 9.11. The molecule has 3 unspecified atom stereocenters. The van der Waals surface area contributed by atoms with Gasteiger partial charge in [0.25, 0.3) is 0 Å². The highest BCUT2D eigenvalue weighted by atomic mass is 79.9. The van der Waals surface area contributed by atoms with Gasteiger partial charge in [-0.05, 0) is 49.6 Å². The number of hydrogen-bond acceptors (Lipinski definition) is 4. The third-order valence-electron chi connectivity index (χ3n) is 7.34. The smallest absolute Gasteiger partial charge is 0.318 e. The summed E-state index contributed by atoms with van der Waals surface area (Å²) in [5, 5.41) is 6.12. The number of likely N-dealkylation sites (tertiary alicyclic amines) is 1. The molecule has 176 valence electrons. The monoisotopic (exact) mass is 514 g/mol. The molecule has 8 heteroatoms. The minimum atomic E-state index is -0.568. The second kappa shape index (κ2) is 8.89. The number of rotatable bonds is 4. The van der Waals surface area contributed by atoms with Crippen LogP contribution in [0, 0.1) is 0 Å². The number of hydrogen-bond donors (Lipinski definition) is 2. The number of nitrogens with one attached hydrogen (secondary N) is 2. The van der Waals surface area contributed by atoms with Gasteiger partial charge in [0.2, 0.25) is 5.91 Å². The molecule has 1 saturated carbocycles. The zero-order chi connectivity index (χ0) is 23.2. The van der Waals surface area contributed by atoms with Gasteiger partial charge in [0.05, 0.1) is 12.1 Å². The van der Waals surface area contributed by atoms with E-state index in [1.807, 2.05) is 24.3 Å². The summed E-state index contributed by atoms with van der Waals surface area (Å²) in [5.41, 5.74) is 3.78. The summed E-state index contributed by atoms with van der Waals surface area (Å²) in [7, 11) is 3.80. The quantitative estimate of drug-likeness (QED) is 0.644. The number of methoxy groups -OCH3 is 1. The van der Waals surface area contributed by atoms with Gasteiger partial charge in [0, 0.05) is 48.7 Å². The minimum absolute atomic E-state index is 0.0855. The first-order valence-electron chi connectivity index (χ1n) is 11.6. The SMILES string of the molecule is COC1CC(C(=O)Nc2ccc3c(c2)C2(CC2)CN(C)C3)N(C(=O)NC2C=CC(Br)=CC2)C1. The van der Waals surface area contributed by atoms with Crippen molar-refractivity contribution in [3.8, 4) is 0 Å². The second-order valence-corrected chi connectivity index (χ2v) is 10.7. The summed E-state index contributed by atoms with van der Waals surface area (Å²) in [5.74, 6) is -0.163. The maximum absolute atomic E-state index is 13.3. The van der Waals surface area contributed by atoms with Crippen LogP contribution < -0.4 is 10.6 Å². The number of allylic oxidation sites excluding steroid dienone is 2. The van der Waals surface area contributed by atoms with Crippen molar-refractivity contribution < 1.29 is 14.3 Å². The zero-order valence-electron chi connectivity index (χ0n) is 19.1. The van der Waals surface area contributed by atoms with Crippen molar-refractivity contribution in [3.05, 3.63) is 52.0 Å². The summed E-state index contributed by atoms with van der Waals surface area (Å²) in [4.78, 5) is 30.3. The Kier molecular flexibility index (Phi) is 6.09. The summed E-state index contributed by atoms with van der Waals surface area (Å²) in [6, 6.07) is 5.38. The van der Waals surface area contributed by atoms with Crippen LogP contribution in [0.15, 0.2) is 40.9 Å². The molecular formula is C25H31BrN4O3. The molecule has 2 aliphatic heterocycles. The number of carbonyl (C=O) groups is 2. The van der Waals surface area contributed by atoms with E-state index in [1.54, 1.807) is 12.0 Å². The average molecular weight is 515 g/mol. The molecule has 5 rings (SSSR count). The molecule has 0 aromatic heterocycles. The Hall–Kier alpha value is -2.16. The second-order valence-electron chi connectivity index (χ2n) is 9.82. The van der Waals surface area contributed by atoms with Gasteiger partial charge in [-0.3, -0.25) is 4.79 Å². The van der Waals surface area contributed by atoms with E-state index in [1.165, 1.54) is 24.0 Å². The van der Waals surface area contributed by atoms with Crippen molar-refractivity contribution in [1.29, 1.82) is 0 Å². The molecule has 2 aliphatic carbocycles. The van der Waals surface area contributed by atoms with Crippen molar-refractivity contribution >= 4 is 33.6 Å². The molecule has 0 radical (unpaired) electrons. The summed E-state index contributed by atoms with van der Waals surface area (Å²) in [6.07, 6.45) is 9.37. The van der Waals surface area contributed by atoms with Gasteiger partial charge in [-0.25, -0.2) is 4.79 Å². The summed E-state index contributed by atoms with van der Waals surface area (Å²) >= 11 is 3.44. The van der Waals surface area contributed by atoms with Crippen LogP contribution in [0.1, 0.15) is 36.8 Å². The van der Waals surface area contributed by atoms with Crippen LogP contribution in [0.3, 0.4) is 0 Å². The van der Waals surface area contributed by atoms with Crippen molar-refractivity contribution in [2.45, 2.75) is 55.8 Å². The number of ether oxygens (including phenoxy) is 1. The van der Waals surface area contributed by atoms with Crippen LogP contribution in [0.2, 0.25) is 0 Å². The predicted octanol–water partition coefficient (Wildman–Crippen LogP) is 3.51. The predicted molar refractivity (Wildman–Crippen MR) is 131 cm³/mol. The Balaban J connectivity index is 1.29. The fourth-order valence-corrected chi connectivity index (χ4v) is 5.76. The number of carbonyl (C=O) groups excluding carboxylic acids is 2. The molecule has 0 bridgehead atoms. The first kappa shape index (κ1) is 22.6. The maximum atomic E-state index is 13.3. The summed E-state index contributed by atoms with van der Waals surface area (Å²) in [6.45, 7) is 2.42. The topological polar surface area (TPSA) is 73.9 Å². The Labute approximate surface area is 203 Å². The third kappa shape index (κ3) is 4.61. The average Bonchev–Trinajstić information content (AvgIpc) is 3.41. The van der Waals surface area contributed by atoms with Crippen molar-refractivity contribution in [2.24, 2.45) is 0 Å². The van der Waals surface area contributed by atoms with E-state index in [0.717, 1.165) is 23.3 Å². The largest absolute Gasteiger partial charge is 0.380 e. The van der Waals surface area contributed by atoms with E-state index in [4.69, 9.17) is 4.74 Å². The van der Waals surface area contributed by atoms with Gasteiger partial charge >= 0.3 is 6.03 Å². The molecule has 1 aromatic rings. The lowest BCUT2D eigenvalue weighted by Crippen LogP contribution is -2.50. The van der Waals surface area contributed by atoms with Gasteiger partial charge in [0.15, 0.2) is 0 Å². The van der Waals surface area contributed by atoms with Gasteiger partial charge < -0.3 is 25.2 Å². The van der Waals surface area contributed by atoms with Crippen LogP contribution in [-0.4, -0.2) is 67.2 Å². The molecule has 3 amide bonds. The van der Waals surface area contributed by atoms with E-state index in [2.05, 4.69) is 50.6 Å². The number of amides is 3. The zero-order valence-corrected chi connectivity index (χ0v) is 20.7. The molecule has 2 fully saturated rings. The molecule has 33 heavy (non-hydrogen) atoms. The molecule has 1 saturated heterocycles. The number of halogens is 1. The fraction of sp³-hybridized carbons (Fsp3) is 0.520. The van der Waals surface area contributed by atoms with Gasteiger partial charge in [0.1, 0.15) is 6.04 Å². The molecule has 2 heterocycles. The lowest BCUT2D eigenvalue weighted by Gasteiger charge is -2.33.